The number of phenolic OH excluding ortho intramolecular Hbond substituents is 1. The second-order valence-electron chi connectivity index (χ2n) is 9.30. The highest BCUT2D eigenvalue weighted by atomic mass is 16.5. The second-order valence-corrected chi connectivity index (χ2v) is 9.30. The van der Waals surface area contributed by atoms with Crippen molar-refractivity contribution >= 4 is 12.0 Å². The maximum absolute atomic E-state index is 12.3. The van der Waals surface area contributed by atoms with Crippen molar-refractivity contribution in [2.24, 2.45) is 0 Å². The molecule has 0 aromatic heterocycles. The normalized spacial score (nSPS) is 35.1. The van der Waals surface area contributed by atoms with E-state index in [1.165, 1.54) is 51.1 Å². The number of nitrogens with zero attached hydrogens (tertiary/aromatic N) is 2. The van der Waals surface area contributed by atoms with Gasteiger partial charge >= 0.3 is 5.97 Å². The molecule has 2 bridgehead atoms. The van der Waals surface area contributed by atoms with E-state index >= 15 is 0 Å². The van der Waals surface area contributed by atoms with Gasteiger partial charge in [-0.1, -0.05) is 18.6 Å². The van der Waals surface area contributed by atoms with Gasteiger partial charge in [0.25, 0.3) is 0 Å². The molecular weight excluding hydrogens is 364 g/mol. The van der Waals surface area contributed by atoms with Crippen LogP contribution in [-0.4, -0.2) is 64.2 Å². The predicted molar refractivity (Wildman–Crippen MR) is 113 cm³/mol. The Morgan fingerprint density at radius 1 is 0.897 bits per heavy atom. The average Bonchev–Trinajstić information content (AvgIpc) is 2.73. The number of benzene rings is 1. The third-order valence-corrected chi connectivity index (χ3v) is 7.54. The van der Waals surface area contributed by atoms with Gasteiger partial charge in [-0.25, -0.2) is 4.79 Å². The molecule has 156 valence electrons. The summed E-state index contributed by atoms with van der Waals surface area (Å²) in [7, 11) is 0. The van der Waals surface area contributed by atoms with Crippen molar-refractivity contribution in [2.45, 2.75) is 81.6 Å². The molecule has 5 nitrogen and oxygen atoms in total. The van der Waals surface area contributed by atoms with Crippen molar-refractivity contribution in [1.82, 2.24) is 9.80 Å². The second kappa shape index (κ2) is 8.11. The Labute approximate surface area is 173 Å². The number of carbonyl (C=O) groups excluding carboxylic acids is 1. The first-order valence-electron chi connectivity index (χ1n) is 11.3. The largest absolute Gasteiger partial charge is 0.508 e. The van der Waals surface area contributed by atoms with Crippen LogP contribution in [-0.2, 0) is 9.53 Å². The number of hydrogen-bond acceptors (Lipinski definition) is 5. The zero-order chi connectivity index (χ0) is 19.8. The molecule has 4 aliphatic rings. The van der Waals surface area contributed by atoms with Crippen molar-refractivity contribution in [1.29, 1.82) is 0 Å². The van der Waals surface area contributed by atoms with Crippen LogP contribution in [0.4, 0.5) is 0 Å². The molecule has 0 spiro atoms. The Bertz CT molecular complexity index is 762. The van der Waals surface area contributed by atoms with Crippen LogP contribution in [0.2, 0.25) is 0 Å². The summed E-state index contributed by atoms with van der Waals surface area (Å²) in [6.07, 6.45) is 13.3. The molecule has 1 N–H and O–H groups in total. The molecule has 0 saturated carbocycles. The number of rotatable bonds is 3. The number of carbonyl (C=O) groups is 1. The molecule has 1 unspecified atom stereocenters. The number of aromatic hydroxyl groups is 1. The summed E-state index contributed by atoms with van der Waals surface area (Å²) >= 11 is 0. The molecule has 5 atom stereocenters. The summed E-state index contributed by atoms with van der Waals surface area (Å²) < 4.78 is 5.80. The number of phenols is 1. The standard InChI is InChI=1S/C24H32N2O3/c27-22-7-4-17(5-8-22)6-9-24(28)29-23-10-12-26-19-13-18-3-1-2-11-25(18)20(14-19)15-21(26)16-23/h4-9,18-21,23,27H,1-3,10-16H2/b9-6+/t18-,19+,20+,21-,23?/m1/s1. The third-order valence-electron chi connectivity index (χ3n) is 7.54. The van der Waals surface area contributed by atoms with Crippen LogP contribution in [0.15, 0.2) is 30.3 Å². The highest BCUT2D eigenvalue weighted by Crippen LogP contribution is 2.42. The van der Waals surface area contributed by atoms with Gasteiger partial charge in [0.2, 0.25) is 0 Å². The van der Waals surface area contributed by atoms with Gasteiger partial charge in [-0.05, 0) is 68.8 Å². The molecule has 29 heavy (non-hydrogen) atoms. The molecule has 4 fully saturated rings. The summed E-state index contributed by atoms with van der Waals surface area (Å²) in [6, 6.07) is 9.66. The van der Waals surface area contributed by atoms with Crippen molar-refractivity contribution < 1.29 is 14.6 Å². The lowest BCUT2D eigenvalue weighted by atomic mass is 9.76. The smallest absolute Gasteiger partial charge is 0.331 e. The molecule has 0 amide bonds. The molecular formula is C24H32N2O3. The van der Waals surface area contributed by atoms with Gasteiger partial charge in [-0.3, -0.25) is 9.80 Å². The molecule has 5 heteroatoms. The average molecular weight is 397 g/mol. The number of piperidine rings is 4. The Morgan fingerprint density at radius 2 is 1.59 bits per heavy atom. The third kappa shape index (κ3) is 4.08. The molecule has 1 aromatic rings. The summed E-state index contributed by atoms with van der Waals surface area (Å²) in [5.41, 5.74) is 0.880. The van der Waals surface area contributed by atoms with E-state index in [0.29, 0.717) is 6.04 Å². The number of hydrogen-bond donors (Lipinski definition) is 1. The van der Waals surface area contributed by atoms with Crippen molar-refractivity contribution in [2.75, 3.05) is 13.1 Å². The number of esters is 1. The van der Waals surface area contributed by atoms with Crippen LogP contribution in [0.5, 0.6) is 5.75 Å². The van der Waals surface area contributed by atoms with Gasteiger partial charge in [0, 0.05) is 43.2 Å². The maximum Gasteiger partial charge on any atom is 0.331 e. The summed E-state index contributed by atoms with van der Waals surface area (Å²) in [6.45, 7) is 2.35. The zero-order valence-electron chi connectivity index (χ0n) is 17.1. The van der Waals surface area contributed by atoms with E-state index < -0.39 is 0 Å². The monoisotopic (exact) mass is 396 g/mol. The summed E-state index contributed by atoms with van der Waals surface area (Å²) in [5.74, 6) is -0.0340. The maximum atomic E-state index is 12.3. The minimum Gasteiger partial charge on any atom is -0.508 e. The lowest BCUT2D eigenvalue weighted by molar-refractivity contribution is -0.149. The lowest BCUT2D eigenvalue weighted by Crippen LogP contribution is -2.65. The van der Waals surface area contributed by atoms with Gasteiger partial charge in [-0.15, -0.1) is 0 Å². The van der Waals surface area contributed by atoms with Gasteiger partial charge in [0.15, 0.2) is 0 Å². The van der Waals surface area contributed by atoms with Crippen LogP contribution in [0.3, 0.4) is 0 Å². The van der Waals surface area contributed by atoms with Gasteiger partial charge in [0.05, 0.1) is 0 Å². The number of fused-ring (bicyclic) bond motifs is 6. The van der Waals surface area contributed by atoms with Crippen LogP contribution in [0.25, 0.3) is 6.08 Å². The van der Waals surface area contributed by atoms with Crippen molar-refractivity contribution in [3.63, 3.8) is 0 Å². The van der Waals surface area contributed by atoms with E-state index in [1.807, 2.05) is 0 Å². The van der Waals surface area contributed by atoms with Crippen LogP contribution < -0.4 is 0 Å². The summed E-state index contributed by atoms with van der Waals surface area (Å²) in [5, 5.41) is 9.35. The fourth-order valence-electron chi connectivity index (χ4n) is 6.24. The Morgan fingerprint density at radius 3 is 2.38 bits per heavy atom. The molecule has 1 aromatic carbocycles. The SMILES string of the molecule is O=C(/C=C/c1ccc(O)cc1)OC1CCN2[C@@H]3C[C@@H](C[C@@H]2C1)N1CCCC[C@@H]1C3. The first-order chi connectivity index (χ1) is 14.2. The van der Waals surface area contributed by atoms with Crippen LogP contribution in [0, 0.1) is 0 Å². The highest BCUT2D eigenvalue weighted by Gasteiger charge is 2.47. The molecule has 5 rings (SSSR count). The molecule has 0 radical (unpaired) electrons. The van der Waals surface area contributed by atoms with E-state index in [2.05, 4.69) is 9.80 Å². The topological polar surface area (TPSA) is 53.0 Å². The summed E-state index contributed by atoms with van der Waals surface area (Å²) in [4.78, 5) is 17.9. The molecule has 4 saturated heterocycles. The predicted octanol–water partition coefficient (Wildman–Crippen LogP) is 3.57. The molecule has 0 aliphatic carbocycles. The minimum absolute atomic E-state index is 0.0317. The minimum atomic E-state index is -0.261. The van der Waals surface area contributed by atoms with Gasteiger partial charge in [0.1, 0.15) is 11.9 Å². The van der Waals surface area contributed by atoms with E-state index in [1.54, 1.807) is 30.3 Å². The Kier molecular flexibility index (Phi) is 5.35. The first kappa shape index (κ1) is 19.1. The Balaban J connectivity index is 1.18. The molecule has 4 aliphatic heterocycles. The van der Waals surface area contributed by atoms with E-state index in [4.69, 9.17) is 4.74 Å². The van der Waals surface area contributed by atoms with Gasteiger partial charge in [-0.2, -0.15) is 0 Å². The fourth-order valence-corrected chi connectivity index (χ4v) is 6.24. The van der Waals surface area contributed by atoms with Crippen LogP contribution in [0.1, 0.15) is 56.9 Å². The first-order valence-corrected chi connectivity index (χ1v) is 11.3. The van der Waals surface area contributed by atoms with E-state index in [0.717, 1.165) is 43.1 Å². The Hall–Kier alpha value is -1.85. The van der Waals surface area contributed by atoms with Crippen LogP contribution >= 0.6 is 0 Å². The van der Waals surface area contributed by atoms with E-state index in [9.17, 15) is 9.90 Å². The van der Waals surface area contributed by atoms with E-state index in [-0.39, 0.29) is 17.8 Å². The fraction of sp³-hybridized carbons (Fsp3) is 0.625. The van der Waals surface area contributed by atoms with Gasteiger partial charge < -0.3 is 9.84 Å². The quantitative estimate of drug-likeness (QED) is 0.625. The highest BCUT2D eigenvalue weighted by molar-refractivity contribution is 5.87. The molecule has 4 heterocycles. The van der Waals surface area contributed by atoms with Crippen molar-refractivity contribution in [3.8, 4) is 5.75 Å². The lowest BCUT2D eigenvalue weighted by Gasteiger charge is -2.58. The zero-order valence-corrected chi connectivity index (χ0v) is 17.1. The van der Waals surface area contributed by atoms with Crippen molar-refractivity contribution in [3.05, 3.63) is 35.9 Å². The number of ether oxygens (including phenoxy) is 1.